The van der Waals surface area contributed by atoms with Crippen LogP contribution in [-0.2, 0) is 4.79 Å². The summed E-state index contributed by atoms with van der Waals surface area (Å²) in [5.74, 6) is -0.744. The molecule has 8 nitrogen and oxygen atoms in total. The Hall–Kier alpha value is -3.99. The molecule has 150 valence electrons. The molecule has 0 saturated carbocycles. The number of benzene rings is 2. The Morgan fingerprint density at radius 1 is 0.967 bits per heavy atom. The van der Waals surface area contributed by atoms with Crippen molar-refractivity contribution in [2.24, 2.45) is 0 Å². The summed E-state index contributed by atoms with van der Waals surface area (Å²) in [6.07, 6.45) is 0. The van der Waals surface area contributed by atoms with Gasteiger partial charge in [-0.15, -0.1) is 0 Å². The van der Waals surface area contributed by atoms with Gasteiger partial charge >= 0.3 is 6.03 Å². The number of urea groups is 1. The van der Waals surface area contributed by atoms with Gasteiger partial charge in [-0.2, -0.15) is 5.26 Å². The van der Waals surface area contributed by atoms with Gasteiger partial charge in [0.25, 0.3) is 11.8 Å². The molecule has 0 spiro atoms. The third-order valence-corrected chi connectivity index (χ3v) is 5.40. The summed E-state index contributed by atoms with van der Waals surface area (Å²) < 4.78 is 0. The van der Waals surface area contributed by atoms with Crippen LogP contribution in [0.4, 0.5) is 10.5 Å². The molecule has 2 fully saturated rings. The summed E-state index contributed by atoms with van der Waals surface area (Å²) in [7, 11) is 0. The van der Waals surface area contributed by atoms with Gasteiger partial charge in [0.1, 0.15) is 6.04 Å². The Morgan fingerprint density at radius 3 is 2.20 bits per heavy atom. The van der Waals surface area contributed by atoms with Gasteiger partial charge in [0.2, 0.25) is 0 Å². The standard InChI is InChI=1S/C22H18N4O4/c1-14(27)16-6-8-18(9-7-16)26-21(29)19-13-24(10-11-25(19)22(26)30)20(28)17-4-2-15(12-23)3-5-17/h2-9,19H,10-11,13H2,1H3/t19-/m0/s1. The van der Waals surface area contributed by atoms with Crippen LogP contribution in [0.2, 0.25) is 0 Å². The number of piperazine rings is 1. The van der Waals surface area contributed by atoms with E-state index in [1.165, 1.54) is 11.8 Å². The highest BCUT2D eigenvalue weighted by atomic mass is 16.2. The van der Waals surface area contributed by atoms with Gasteiger partial charge in [-0.3, -0.25) is 14.4 Å². The Morgan fingerprint density at radius 2 is 1.60 bits per heavy atom. The summed E-state index contributed by atoms with van der Waals surface area (Å²) in [4.78, 5) is 54.2. The van der Waals surface area contributed by atoms with Crippen LogP contribution in [0.1, 0.15) is 33.2 Å². The van der Waals surface area contributed by atoms with E-state index in [1.54, 1.807) is 53.4 Å². The van der Waals surface area contributed by atoms with Crippen LogP contribution in [0, 0.1) is 11.3 Å². The zero-order chi connectivity index (χ0) is 21.4. The lowest BCUT2D eigenvalue weighted by Gasteiger charge is -2.35. The molecule has 2 heterocycles. The molecule has 2 aromatic carbocycles. The minimum absolute atomic E-state index is 0.102. The van der Waals surface area contributed by atoms with Crippen LogP contribution in [0.15, 0.2) is 48.5 Å². The summed E-state index contributed by atoms with van der Waals surface area (Å²) in [5, 5.41) is 8.89. The van der Waals surface area contributed by atoms with E-state index in [2.05, 4.69) is 0 Å². The molecule has 0 bridgehead atoms. The first-order chi connectivity index (χ1) is 14.4. The van der Waals surface area contributed by atoms with E-state index in [0.717, 1.165) is 4.90 Å². The van der Waals surface area contributed by atoms with Gasteiger partial charge in [0.05, 0.1) is 23.9 Å². The van der Waals surface area contributed by atoms with Crippen LogP contribution in [0.5, 0.6) is 0 Å². The molecule has 8 heteroatoms. The second-order valence-corrected chi connectivity index (χ2v) is 7.21. The lowest BCUT2D eigenvalue weighted by Crippen LogP contribution is -2.54. The van der Waals surface area contributed by atoms with E-state index in [1.807, 2.05) is 6.07 Å². The SMILES string of the molecule is CC(=O)c1ccc(N2C(=O)[C@@H]3CN(C(=O)c4ccc(C#N)cc4)CCN3C2=O)cc1. The van der Waals surface area contributed by atoms with Gasteiger partial charge in [0.15, 0.2) is 5.78 Å². The third-order valence-electron chi connectivity index (χ3n) is 5.40. The first-order valence-electron chi connectivity index (χ1n) is 9.45. The van der Waals surface area contributed by atoms with Crippen LogP contribution in [0.25, 0.3) is 0 Å². The number of amides is 4. The van der Waals surface area contributed by atoms with Crippen LogP contribution >= 0.6 is 0 Å². The van der Waals surface area contributed by atoms with Crippen molar-refractivity contribution in [1.82, 2.24) is 9.80 Å². The molecule has 4 rings (SSSR count). The number of hydrogen-bond donors (Lipinski definition) is 0. The quantitative estimate of drug-likeness (QED) is 0.578. The van der Waals surface area contributed by atoms with E-state index in [4.69, 9.17) is 5.26 Å². The number of imide groups is 1. The fraction of sp³-hybridized carbons (Fsp3) is 0.227. The second kappa shape index (κ2) is 7.44. The van der Waals surface area contributed by atoms with Crippen LogP contribution < -0.4 is 4.90 Å². The van der Waals surface area contributed by atoms with Crippen LogP contribution in [0.3, 0.4) is 0 Å². The molecule has 0 unspecified atom stereocenters. The molecule has 0 aliphatic carbocycles. The summed E-state index contributed by atoms with van der Waals surface area (Å²) >= 11 is 0. The number of carbonyl (C=O) groups is 4. The van der Waals surface area contributed by atoms with Crippen molar-refractivity contribution >= 4 is 29.3 Å². The Kier molecular flexibility index (Phi) is 4.80. The maximum absolute atomic E-state index is 13.0. The van der Waals surface area contributed by atoms with Gasteiger partial charge < -0.3 is 9.80 Å². The number of nitrogens with zero attached hydrogens (tertiary/aromatic N) is 4. The number of rotatable bonds is 3. The summed E-state index contributed by atoms with van der Waals surface area (Å²) in [6.45, 7) is 2.11. The first-order valence-corrected chi connectivity index (χ1v) is 9.45. The zero-order valence-electron chi connectivity index (χ0n) is 16.2. The molecule has 2 aliphatic heterocycles. The van der Waals surface area contributed by atoms with Crippen molar-refractivity contribution < 1.29 is 19.2 Å². The van der Waals surface area contributed by atoms with Gasteiger partial charge in [-0.25, -0.2) is 9.69 Å². The topological polar surface area (TPSA) is 102 Å². The lowest BCUT2D eigenvalue weighted by atomic mass is 10.1. The minimum Gasteiger partial charge on any atom is -0.334 e. The summed E-state index contributed by atoms with van der Waals surface area (Å²) in [5.41, 5.74) is 1.78. The van der Waals surface area contributed by atoms with Crippen molar-refractivity contribution in [3.8, 4) is 6.07 Å². The maximum atomic E-state index is 13.0. The average Bonchev–Trinajstić information content (AvgIpc) is 3.03. The maximum Gasteiger partial charge on any atom is 0.332 e. The van der Waals surface area contributed by atoms with Crippen molar-refractivity contribution in [3.05, 3.63) is 65.2 Å². The minimum atomic E-state index is -0.749. The molecular formula is C22H18N4O4. The highest BCUT2D eigenvalue weighted by molar-refractivity contribution is 6.21. The molecule has 0 aromatic heterocycles. The predicted octanol–water partition coefficient (Wildman–Crippen LogP) is 2.05. The monoisotopic (exact) mass is 402 g/mol. The van der Waals surface area contributed by atoms with E-state index in [0.29, 0.717) is 28.9 Å². The van der Waals surface area contributed by atoms with Crippen molar-refractivity contribution in [3.63, 3.8) is 0 Å². The normalized spacial score (nSPS) is 18.3. The number of nitriles is 1. The average molecular weight is 402 g/mol. The van der Waals surface area contributed by atoms with Crippen molar-refractivity contribution in [1.29, 1.82) is 5.26 Å². The molecule has 1 atom stereocenters. The number of carbonyl (C=O) groups excluding carboxylic acids is 4. The van der Waals surface area contributed by atoms with E-state index >= 15 is 0 Å². The van der Waals surface area contributed by atoms with Gasteiger partial charge in [0, 0.05) is 24.2 Å². The first kappa shape index (κ1) is 19.3. The number of fused-ring (bicyclic) bond motifs is 1. The number of Topliss-reactive ketones (excluding diaryl/α,β-unsaturated/α-hetero) is 1. The largest absolute Gasteiger partial charge is 0.334 e. The number of anilines is 1. The lowest BCUT2D eigenvalue weighted by molar-refractivity contribution is -0.120. The molecular weight excluding hydrogens is 384 g/mol. The van der Waals surface area contributed by atoms with Gasteiger partial charge in [-0.05, 0) is 55.5 Å². The number of ketones is 1. The van der Waals surface area contributed by atoms with Crippen LogP contribution in [-0.4, -0.2) is 59.1 Å². The third kappa shape index (κ3) is 3.20. The molecule has 0 N–H and O–H groups in total. The molecule has 2 aromatic rings. The Bertz CT molecular complexity index is 1090. The zero-order valence-corrected chi connectivity index (χ0v) is 16.2. The highest BCUT2D eigenvalue weighted by Gasteiger charge is 2.49. The molecule has 2 aliphatic rings. The molecule has 2 saturated heterocycles. The Balaban J connectivity index is 1.53. The van der Waals surface area contributed by atoms with E-state index in [-0.39, 0.29) is 24.8 Å². The van der Waals surface area contributed by atoms with E-state index in [9.17, 15) is 19.2 Å². The van der Waals surface area contributed by atoms with Gasteiger partial charge in [-0.1, -0.05) is 0 Å². The van der Waals surface area contributed by atoms with E-state index < -0.39 is 18.0 Å². The smallest absolute Gasteiger partial charge is 0.332 e. The fourth-order valence-corrected chi connectivity index (χ4v) is 3.73. The second-order valence-electron chi connectivity index (χ2n) is 7.21. The number of hydrogen-bond acceptors (Lipinski definition) is 5. The molecule has 30 heavy (non-hydrogen) atoms. The summed E-state index contributed by atoms with van der Waals surface area (Å²) in [6, 6.07) is 13.4. The molecule has 0 radical (unpaired) electrons. The fourth-order valence-electron chi connectivity index (χ4n) is 3.73. The molecule has 4 amide bonds. The van der Waals surface area contributed by atoms with Crippen molar-refractivity contribution in [2.45, 2.75) is 13.0 Å². The Labute approximate surface area is 172 Å². The highest BCUT2D eigenvalue weighted by Crippen LogP contribution is 2.28. The van der Waals surface area contributed by atoms with Crippen molar-refractivity contribution in [2.75, 3.05) is 24.5 Å². The predicted molar refractivity (Wildman–Crippen MR) is 107 cm³/mol.